The van der Waals surface area contributed by atoms with Crippen LogP contribution in [0.25, 0.3) is 0 Å². The van der Waals surface area contributed by atoms with E-state index < -0.39 is 5.60 Å². The minimum absolute atomic E-state index is 0.212. The number of ether oxygens (including phenoxy) is 1. The molecule has 1 N–H and O–H groups in total. The van der Waals surface area contributed by atoms with E-state index in [0.29, 0.717) is 5.92 Å². The second kappa shape index (κ2) is 6.69. The highest BCUT2D eigenvalue weighted by molar-refractivity contribution is 5.68. The van der Waals surface area contributed by atoms with Gasteiger partial charge in [-0.25, -0.2) is 4.79 Å². The fourth-order valence-electron chi connectivity index (χ4n) is 2.93. The lowest BCUT2D eigenvalue weighted by molar-refractivity contribution is 0.0285. The number of hydrogen-bond acceptors (Lipinski definition) is 4. The second-order valence-electron chi connectivity index (χ2n) is 6.96. The molecule has 1 aliphatic rings. The Balaban J connectivity index is 2.02. The largest absolute Gasteiger partial charge is 0.444 e. The Morgan fingerprint density at radius 3 is 2.82 bits per heavy atom. The molecule has 2 rings (SSSR count). The number of carbonyl (C=O) groups excluding carboxylic acids is 1. The van der Waals surface area contributed by atoms with Crippen LogP contribution in [-0.4, -0.2) is 46.0 Å². The van der Waals surface area contributed by atoms with Crippen molar-refractivity contribution in [3.63, 3.8) is 0 Å². The summed E-state index contributed by atoms with van der Waals surface area (Å²) in [5.41, 5.74) is 0.736. The lowest BCUT2D eigenvalue weighted by atomic mass is 9.94. The molecule has 1 aromatic heterocycles. The molecule has 2 atom stereocenters. The standard InChI is InChI=1S/C16H28N4O2/c1-6-17-14(13-9-18-19(5)10-13)12-7-8-20(11-12)15(21)22-16(2,3)4/h9-10,12,14,17H,6-8,11H2,1-5H3. The van der Waals surface area contributed by atoms with E-state index in [1.807, 2.05) is 49.8 Å². The monoisotopic (exact) mass is 308 g/mol. The number of aromatic nitrogens is 2. The summed E-state index contributed by atoms with van der Waals surface area (Å²) in [5, 5.41) is 7.79. The highest BCUT2D eigenvalue weighted by Crippen LogP contribution is 2.30. The smallest absolute Gasteiger partial charge is 0.410 e. The number of likely N-dealkylation sites (tertiary alicyclic amines) is 1. The molecule has 0 bridgehead atoms. The molecule has 1 aliphatic heterocycles. The van der Waals surface area contributed by atoms with Gasteiger partial charge in [0.15, 0.2) is 0 Å². The van der Waals surface area contributed by atoms with Crippen LogP contribution in [-0.2, 0) is 11.8 Å². The topological polar surface area (TPSA) is 59.4 Å². The molecule has 22 heavy (non-hydrogen) atoms. The molecule has 0 saturated carbocycles. The van der Waals surface area contributed by atoms with E-state index in [1.165, 1.54) is 5.56 Å². The number of nitrogens with zero attached hydrogens (tertiary/aromatic N) is 3. The van der Waals surface area contributed by atoms with Gasteiger partial charge in [0.2, 0.25) is 0 Å². The molecule has 124 valence electrons. The van der Waals surface area contributed by atoms with Gasteiger partial charge in [0.1, 0.15) is 5.60 Å². The predicted octanol–water partition coefficient (Wildman–Crippen LogP) is 2.33. The summed E-state index contributed by atoms with van der Waals surface area (Å²) in [6.45, 7) is 10.2. The Hall–Kier alpha value is -1.56. The number of amides is 1. The fourth-order valence-corrected chi connectivity index (χ4v) is 2.93. The molecule has 1 fully saturated rings. The highest BCUT2D eigenvalue weighted by Gasteiger charge is 2.34. The van der Waals surface area contributed by atoms with Gasteiger partial charge in [0, 0.05) is 37.9 Å². The van der Waals surface area contributed by atoms with Crippen LogP contribution in [0.4, 0.5) is 4.79 Å². The predicted molar refractivity (Wildman–Crippen MR) is 85.5 cm³/mol. The van der Waals surface area contributed by atoms with Crippen molar-refractivity contribution in [3.8, 4) is 0 Å². The van der Waals surface area contributed by atoms with Gasteiger partial charge >= 0.3 is 6.09 Å². The van der Waals surface area contributed by atoms with Crippen LogP contribution >= 0.6 is 0 Å². The molecule has 0 radical (unpaired) electrons. The van der Waals surface area contributed by atoms with Crippen molar-refractivity contribution in [1.29, 1.82) is 0 Å². The van der Waals surface area contributed by atoms with Gasteiger partial charge in [0.25, 0.3) is 0 Å². The van der Waals surface area contributed by atoms with Crippen molar-refractivity contribution in [2.24, 2.45) is 13.0 Å². The zero-order valence-electron chi connectivity index (χ0n) is 14.3. The molecule has 0 aliphatic carbocycles. The van der Waals surface area contributed by atoms with Gasteiger partial charge in [-0.15, -0.1) is 0 Å². The SMILES string of the molecule is CCNC(c1cnn(C)c1)C1CCN(C(=O)OC(C)(C)C)C1. The summed E-state index contributed by atoms with van der Waals surface area (Å²) in [7, 11) is 1.92. The first kappa shape index (κ1) is 16.8. The molecule has 1 amide bonds. The normalized spacial score (nSPS) is 20.2. The van der Waals surface area contributed by atoms with E-state index in [-0.39, 0.29) is 12.1 Å². The summed E-state index contributed by atoms with van der Waals surface area (Å²) < 4.78 is 7.29. The van der Waals surface area contributed by atoms with Gasteiger partial charge in [-0.1, -0.05) is 6.92 Å². The van der Waals surface area contributed by atoms with Gasteiger partial charge in [-0.2, -0.15) is 5.10 Å². The average molecular weight is 308 g/mol. The number of hydrogen-bond donors (Lipinski definition) is 1. The molecule has 2 unspecified atom stereocenters. The van der Waals surface area contributed by atoms with Crippen LogP contribution < -0.4 is 5.32 Å². The van der Waals surface area contributed by atoms with Crippen molar-refractivity contribution in [1.82, 2.24) is 20.0 Å². The second-order valence-corrected chi connectivity index (χ2v) is 6.96. The fraction of sp³-hybridized carbons (Fsp3) is 0.750. The molecule has 0 spiro atoms. The summed E-state index contributed by atoms with van der Waals surface area (Å²) in [6.07, 6.45) is 4.72. The summed E-state index contributed by atoms with van der Waals surface area (Å²) in [5.74, 6) is 0.386. The summed E-state index contributed by atoms with van der Waals surface area (Å²) in [6, 6.07) is 0.228. The van der Waals surface area contributed by atoms with Crippen molar-refractivity contribution < 1.29 is 9.53 Å². The maximum Gasteiger partial charge on any atom is 0.410 e. The molecule has 6 nitrogen and oxygen atoms in total. The average Bonchev–Trinajstić information content (AvgIpc) is 3.03. The van der Waals surface area contributed by atoms with Crippen molar-refractivity contribution >= 4 is 6.09 Å². The number of nitrogens with one attached hydrogen (secondary N) is 1. The van der Waals surface area contributed by atoms with E-state index in [2.05, 4.69) is 17.3 Å². The van der Waals surface area contributed by atoms with E-state index in [0.717, 1.165) is 26.1 Å². The van der Waals surface area contributed by atoms with E-state index >= 15 is 0 Å². The Kier molecular flexibility index (Phi) is 5.11. The molecule has 1 aromatic rings. The highest BCUT2D eigenvalue weighted by atomic mass is 16.6. The number of aryl methyl sites for hydroxylation is 1. The third-order valence-electron chi connectivity index (χ3n) is 3.86. The van der Waals surface area contributed by atoms with E-state index in [4.69, 9.17) is 4.74 Å². The minimum atomic E-state index is -0.445. The van der Waals surface area contributed by atoms with E-state index in [1.54, 1.807) is 0 Å². The molecule has 6 heteroatoms. The zero-order chi connectivity index (χ0) is 16.3. The lowest BCUT2D eigenvalue weighted by Gasteiger charge is -2.26. The summed E-state index contributed by atoms with van der Waals surface area (Å²) in [4.78, 5) is 14.0. The summed E-state index contributed by atoms with van der Waals surface area (Å²) >= 11 is 0. The van der Waals surface area contributed by atoms with Crippen molar-refractivity contribution in [2.75, 3.05) is 19.6 Å². The maximum absolute atomic E-state index is 12.2. The Morgan fingerprint density at radius 1 is 1.55 bits per heavy atom. The maximum atomic E-state index is 12.2. The quantitative estimate of drug-likeness (QED) is 0.927. The molecule has 1 saturated heterocycles. The number of carbonyl (C=O) groups is 1. The Morgan fingerprint density at radius 2 is 2.27 bits per heavy atom. The van der Waals surface area contributed by atoms with Crippen molar-refractivity contribution in [3.05, 3.63) is 18.0 Å². The molecular weight excluding hydrogens is 280 g/mol. The third kappa shape index (κ3) is 4.22. The first-order valence-corrected chi connectivity index (χ1v) is 8.00. The third-order valence-corrected chi connectivity index (χ3v) is 3.86. The van der Waals surface area contributed by atoms with Crippen LogP contribution in [0.5, 0.6) is 0 Å². The van der Waals surface area contributed by atoms with Crippen LogP contribution in [0.2, 0.25) is 0 Å². The molecular formula is C16H28N4O2. The Labute approximate surface area is 132 Å². The van der Waals surface area contributed by atoms with Crippen LogP contribution in [0, 0.1) is 5.92 Å². The minimum Gasteiger partial charge on any atom is -0.444 e. The number of rotatable bonds is 4. The van der Waals surface area contributed by atoms with Gasteiger partial charge in [-0.3, -0.25) is 4.68 Å². The first-order chi connectivity index (χ1) is 10.3. The molecule has 0 aromatic carbocycles. The Bertz CT molecular complexity index is 506. The molecule has 2 heterocycles. The lowest BCUT2D eigenvalue weighted by Crippen LogP contribution is -2.36. The van der Waals surface area contributed by atoms with Crippen LogP contribution in [0.15, 0.2) is 12.4 Å². The first-order valence-electron chi connectivity index (χ1n) is 8.00. The van der Waals surface area contributed by atoms with Gasteiger partial charge in [0.05, 0.1) is 6.20 Å². The van der Waals surface area contributed by atoms with E-state index in [9.17, 15) is 4.79 Å². The van der Waals surface area contributed by atoms with Gasteiger partial charge in [-0.05, 0) is 39.7 Å². The van der Waals surface area contributed by atoms with Crippen LogP contribution in [0.3, 0.4) is 0 Å². The zero-order valence-corrected chi connectivity index (χ0v) is 14.3. The van der Waals surface area contributed by atoms with Crippen molar-refractivity contribution in [2.45, 2.75) is 45.8 Å². The van der Waals surface area contributed by atoms with Gasteiger partial charge < -0.3 is 15.0 Å². The van der Waals surface area contributed by atoms with Crippen LogP contribution in [0.1, 0.15) is 45.7 Å².